The van der Waals surface area contributed by atoms with Crippen molar-refractivity contribution in [1.82, 2.24) is 0 Å². The Hall–Kier alpha value is -1.15. The molecule has 0 bridgehead atoms. The van der Waals surface area contributed by atoms with Crippen molar-refractivity contribution in [2.45, 2.75) is 13.3 Å². The lowest BCUT2D eigenvalue weighted by Gasteiger charge is -1.93. The number of carbonyl (C=O) groups excluding carboxylic acids is 1. The average molecular weight is 165 g/mol. The van der Waals surface area contributed by atoms with Gasteiger partial charge < -0.3 is 5.73 Å². The van der Waals surface area contributed by atoms with Crippen molar-refractivity contribution in [3.8, 4) is 0 Å². The maximum absolute atomic E-state index is 10.6. The molecule has 2 nitrogen and oxygen atoms in total. The van der Waals surface area contributed by atoms with Gasteiger partial charge in [0, 0.05) is 6.42 Å². The normalized spacial score (nSPS) is 8.25. The highest BCUT2D eigenvalue weighted by Crippen LogP contribution is 1.98. The van der Waals surface area contributed by atoms with Gasteiger partial charge in [-0.25, -0.2) is 0 Å². The largest absolute Gasteiger partial charge is 0.333 e. The molecule has 0 aliphatic heterocycles. The van der Waals surface area contributed by atoms with Crippen LogP contribution in [0.5, 0.6) is 0 Å². The molecule has 0 atom stereocenters. The minimum absolute atomic E-state index is 0.214. The molecule has 0 spiro atoms. The number of hydrogen-bond acceptors (Lipinski definition) is 2. The zero-order chi connectivity index (χ0) is 9.40. The van der Waals surface area contributed by atoms with Crippen molar-refractivity contribution in [2.24, 2.45) is 5.73 Å². The second-order valence-corrected chi connectivity index (χ2v) is 2.36. The third-order valence-electron chi connectivity index (χ3n) is 1.30. The van der Waals surface area contributed by atoms with Crippen molar-refractivity contribution in [1.29, 1.82) is 0 Å². The molecule has 0 amide bonds. The molecule has 1 rings (SSSR count). The molecule has 66 valence electrons. The summed E-state index contributed by atoms with van der Waals surface area (Å²) in [5.74, 6) is 0.214. The highest BCUT2D eigenvalue weighted by molar-refractivity contribution is 5.78. The number of rotatable bonds is 2. The monoisotopic (exact) mass is 165 g/mol. The Morgan fingerprint density at radius 2 is 1.75 bits per heavy atom. The number of carbonyl (C=O) groups is 1. The van der Waals surface area contributed by atoms with Gasteiger partial charge in [-0.3, -0.25) is 4.79 Å². The summed E-state index contributed by atoms with van der Waals surface area (Å²) < 4.78 is 0. The van der Waals surface area contributed by atoms with Gasteiger partial charge in [0.1, 0.15) is 5.78 Å². The Morgan fingerprint density at radius 1 is 1.25 bits per heavy atom. The first-order chi connectivity index (χ1) is 5.79. The van der Waals surface area contributed by atoms with Gasteiger partial charge in [-0.05, 0) is 19.5 Å². The Balaban J connectivity index is 0.000000561. The summed E-state index contributed by atoms with van der Waals surface area (Å²) in [5.41, 5.74) is 5.59. The summed E-state index contributed by atoms with van der Waals surface area (Å²) in [7, 11) is 1.50. The lowest BCUT2D eigenvalue weighted by molar-refractivity contribution is -0.116. The van der Waals surface area contributed by atoms with Crippen LogP contribution in [0.2, 0.25) is 0 Å². The highest BCUT2D eigenvalue weighted by Gasteiger charge is 1.93. The van der Waals surface area contributed by atoms with E-state index in [4.69, 9.17) is 0 Å². The zero-order valence-electron chi connectivity index (χ0n) is 7.58. The van der Waals surface area contributed by atoms with Crippen LogP contribution >= 0.6 is 0 Å². The third kappa shape index (κ3) is 4.63. The number of Topliss-reactive ketones (excluding diaryl/α,β-unsaturated/α-hetero) is 1. The van der Waals surface area contributed by atoms with Gasteiger partial charge in [-0.1, -0.05) is 30.3 Å². The second-order valence-electron chi connectivity index (χ2n) is 2.36. The molecule has 2 heteroatoms. The maximum Gasteiger partial charge on any atom is 0.134 e. The van der Waals surface area contributed by atoms with E-state index >= 15 is 0 Å². The summed E-state index contributed by atoms with van der Waals surface area (Å²) in [6, 6.07) is 9.75. The lowest BCUT2D eigenvalue weighted by atomic mass is 10.1. The van der Waals surface area contributed by atoms with Gasteiger partial charge in [-0.2, -0.15) is 0 Å². The SMILES string of the molecule is CC(=O)Cc1ccccc1.CN. The predicted octanol–water partition coefficient (Wildman–Crippen LogP) is 1.39. The number of nitrogens with two attached hydrogens (primary N) is 1. The lowest BCUT2D eigenvalue weighted by Crippen LogP contribution is -1.94. The van der Waals surface area contributed by atoms with E-state index in [2.05, 4.69) is 5.73 Å². The van der Waals surface area contributed by atoms with Crippen molar-refractivity contribution >= 4 is 5.78 Å². The van der Waals surface area contributed by atoms with Gasteiger partial charge >= 0.3 is 0 Å². The molecule has 2 N–H and O–H groups in total. The molecule has 0 aromatic heterocycles. The molecule has 0 radical (unpaired) electrons. The first-order valence-electron chi connectivity index (χ1n) is 3.90. The summed E-state index contributed by atoms with van der Waals surface area (Å²) in [4.78, 5) is 10.6. The topological polar surface area (TPSA) is 43.1 Å². The van der Waals surface area contributed by atoms with Gasteiger partial charge in [0.2, 0.25) is 0 Å². The van der Waals surface area contributed by atoms with Crippen LogP contribution in [-0.4, -0.2) is 12.8 Å². The average Bonchev–Trinajstić information content (AvgIpc) is 2.08. The fraction of sp³-hybridized carbons (Fsp3) is 0.300. The standard InChI is InChI=1S/C9H10O.CH5N/c1-8(10)7-9-5-3-2-4-6-9;1-2/h2-6H,7H2,1H3;2H2,1H3. The maximum atomic E-state index is 10.6. The minimum Gasteiger partial charge on any atom is -0.333 e. The van der Waals surface area contributed by atoms with Crippen molar-refractivity contribution < 1.29 is 4.79 Å². The molecule has 1 aromatic rings. The van der Waals surface area contributed by atoms with Gasteiger partial charge in [0.25, 0.3) is 0 Å². The van der Waals surface area contributed by atoms with Crippen LogP contribution < -0.4 is 5.73 Å². The molecule has 1 aromatic carbocycles. The van der Waals surface area contributed by atoms with Crippen LogP contribution in [-0.2, 0) is 11.2 Å². The van der Waals surface area contributed by atoms with E-state index < -0.39 is 0 Å². The molecule has 0 unspecified atom stereocenters. The van der Waals surface area contributed by atoms with Crippen LogP contribution in [0.25, 0.3) is 0 Å². The quantitative estimate of drug-likeness (QED) is 0.719. The zero-order valence-corrected chi connectivity index (χ0v) is 7.58. The highest BCUT2D eigenvalue weighted by atomic mass is 16.1. The molecule has 0 saturated heterocycles. The smallest absolute Gasteiger partial charge is 0.134 e. The Kier molecular flexibility index (Phi) is 5.93. The molecule has 0 aliphatic rings. The van der Waals surface area contributed by atoms with Crippen LogP contribution in [0.3, 0.4) is 0 Å². The number of benzene rings is 1. The van der Waals surface area contributed by atoms with Crippen LogP contribution in [0, 0.1) is 0 Å². The van der Waals surface area contributed by atoms with Crippen LogP contribution in [0.4, 0.5) is 0 Å². The summed E-state index contributed by atoms with van der Waals surface area (Å²) >= 11 is 0. The fourth-order valence-electron chi connectivity index (χ4n) is 0.883. The molecular formula is C10H15NO. The molecule has 0 saturated carbocycles. The van der Waals surface area contributed by atoms with E-state index in [0.29, 0.717) is 6.42 Å². The molecule has 0 fully saturated rings. The molecule has 12 heavy (non-hydrogen) atoms. The summed E-state index contributed by atoms with van der Waals surface area (Å²) in [6.45, 7) is 1.60. The second kappa shape index (κ2) is 6.55. The number of hydrogen-bond donors (Lipinski definition) is 1. The minimum atomic E-state index is 0.214. The Bertz CT molecular complexity index is 219. The van der Waals surface area contributed by atoms with Crippen molar-refractivity contribution in [2.75, 3.05) is 7.05 Å². The third-order valence-corrected chi connectivity index (χ3v) is 1.30. The summed E-state index contributed by atoms with van der Waals surface area (Å²) in [6.07, 6.45) is 0.556. The molecular weight excluding hydrogens is 150 g/mol. The van der Waals surface area contributed by atoms with E-state index in [1.807, 2.05) is 30.3 Å². The first kappa shape index (κ1) is 10.8. The van der Waals surface area contributed by atoms with E-state index in [1.54, 1.807) is 6.92 Å². The number of ketones is 1. The van der Waals surface area contributed by atoms with Crippen molar-refractivity contribution in [3.63, 3.8) is 0 Å². The van der Waals surface area contributed by atoms with Crippen LogP contribution in [0.15, 0.2) is 30.3 Å². The summed E-state index contributed by atoms with van der Waals surface area (Å²) in [5, 5.41) is 0. The fourth-order valence-corrected chi connectivity index (χ4v) is 0.883. The Labute approximate surface area is 73.4 Å². The van der Waals surface area contributed by atoms with Crippen molar-refractivity contribution in [3.05, 3.63) is 35.9 Å². The van der Waals surface area contributed by atoms with E-state index in [0.717, 1.165) is 5.56 Å². The van der Waals surface area contributed by atoms with E-state index in [1.165, 1.54) is 7.05 Å². The predicted molar refractivity (Wildman–Crippen MR) is 50.9 cm³/mol. The van der Waals surface area contributed by atoms with E-state index in [-0.39, 0.29) is 5.78 Å². The van der Waals surface area contributed by atoms with Gasteiger partial charge in [-0.15, -0.1) is 0 Å². The molecule has 0 aliphatic carbocycles. The Morgan fingerprint density at radius 3 is 2.17 bits per heavy atom. The first-order valence-corrected chi connectivity index (χ1v) is 3.90. The van der Waals surface area contributed by atoms with E-state index in [9.17, 15) is 4.79 Å². The van der Waals surface area contributed by atoms with Gasteiger partial charge in [0.15, 0.2) is 0 Å². The molecule has 0 heterocycles. The van der Waals surface area contributed by atoms with Crippen LogP contribution in [0.1, 0.15) is 12.5 Å². The van der Waals surface area contributed by atoms with Gasteiger partial charge in [0.05, 0.1) is 0 Å².